The molecule has 0 unspecified atom stereocenters. The van der Waals surface area contributed by atoms with E-state index in [1.165, 1.54) is 0 Å². The summed E-state index contributed by atoms with van der Waals surface area (Å²) in [5, 5.41) is 0. The van der Waals surface area contributed by atoms with Crippen molar-refractivity contribution in [2.24, 2.45) is 17.2 Å². The molecule has 0 rings (SSSR count). The molecule has 84 valence electrons. The monoisotopic (exact) mass is 229 g/mol. The smallest absolute Gasteiger partial charge is 0.330 e. The number of esters is 2. The van der Waals surface area contributed by atoms with E-state index in [9.17, 15) is 14.4 Å². The summed E-state index contributed by atoms with van der Waals surface area (Å²) in [7, 11) is 0. The molecule has 15 heavy (non-hydrogen) atoms. The standard InChI is InChI=1S/C7H13N3O4.Mg.2H/c8-3-6(12)14-7(13)4(9)1-2-5(10)11;;;/h4H,1-3,8-9H2,(H2,10,11);;;/t4-;;;/m0.../s1. The van der Waals surface area contributed by atoms with Crippen LogP contribution in [0.4, 0.5) is 0 Å². The van der Waals surface area contributed by atoms with E-state index in [0.717, 1.165) is 0 Å². The maximum Gasteiger partial charge on any atom is 0.330 e. The van der Waals surface area contributed by atoms with Crippen molar-refractivity contribution in [2.45, 2.75) is 18.9 Å². The van der Waals surface area contributed by atoms with Crippen molar-refractivity contribution in [3.8, 4) is 0 Å². The lowest BCUT2D eigenvalue weighted by molar-refractivity contribution is -0.159. The molecule has 0 heterocycles. The van der Waals surface area contributed by atoms with Gasteiger partial charge in [-0.15, -0.1) is 0 Å². The molecule has 6 N–H and O–H groups in total. The maximum atomic E-state index is 10.9. The number of ether oxygens (including phenoxy) is 1. The largest absolute Gasteiger partial charge is 0.391 e. The first kappa shape index (κ1) is 16.7. The van der Waals surface area contributed by atoms with Gasteiger partial charge in [0.1, 0.15) is 6.04 Å². The first-order valence-electron chi connectivity index (χ1n) is 3.95. The molecule has 7 nitrogen and oxygen atoms in total. The Kier molecular flexibility index (Phi) is 9.58. The van der Waals surface area contributed by atoms with Gasteiger partial charge in [-0.1, -0.05) is 0 Å². The highest BCUT2D eigenvalue weighted by Crippen LogP contribution is 1.96. The number of hydrogen-bond acceptors (Lipinski definition) is 6. The molecule has 0 radical (unpaired) electrons. The third-order valence-electron chi connectivity index (χ3n) is 1.39. The quantitative estimate of drug-likeness (QED) is 0.256. The topological polar surface area (TPSA) is 138 Å². The van der Waals surface area contributed by atoms with Crippen molar-refractivity contribution in [3.63, 3.8) is 0 Å². The molecule has 1 amide bonds. The lowest BCUT2D eigenvalue weighted by atomic mass is 10.1. The first-order chi connectivity index (χ1) is 6.47. The second-order valence-electron chi connectivity index (χ2n) is 2.61. The molecule has 0 bridgehead atoms. The number of carbonyl (C=O) groups excluding carboxylic acids is 3. The van der Waals surface area contributed by atoms with Crippen molar-refractivity contribution in [1.29, 1.82) is 0 Å². The van der Waals surface area contributed by atoms with Gasteiger partial charge in [-0.2, -0.15) is 0 Å². The Morgan fingerprint density at radius 2 is 1.80 bits per heavy atom. The number of hydrogen-bond donors (Lipinski definition) is 3. The normalized spacial score (nSPS) is 11.1. The van der Waals surface area contributed by atoms with Crippen LogP contribution in [-0.4, -0.2) is 53.5 Å². The fourth-order valence-electron chi connectivity index (χ4n) is 0.645. The molecule has 8 heteroatoms. The van der Waals surface area contributed by atoms with Crippen LogP contribution in [0, 0.1) is 0 Å². The summed E-state index contributed by atoms with van der Waals surface area (Å²) in [6.07, 6.45) is 0.0130. The van der Waals surface area contributed by atoms with Gasteiger partial charge in [-0.3, -0.25) is 9.59 Å². The Bertz CT molecular complexity index is 246. The minimum Gasteiger partial charge on any atom is -0.391 e. The Morgan fingerprint density at radius 3 is 2.20 bits per heavy atom. The molecular formula is C7H15MgN3O4. The zero-order chi connectivity index (χ0) is 11.1. The Hall–Kier alpha value is -0.704. The summed E-state index contributed by atoms with van der Waals surface area (Å²) < 4.78 is 4.21. The predicted molar refractivity (Wildman–Crippen MR) is 55.1 cm³/mol. The van der Waals surface area contributed by atoms with Crippen molar-refractivity contribution >= 4 is 40.9 Å². The SMILES string of the molecule is NCC(=O)OC(=O)[C@@H](N)CCC(N)=O.[MgH2]. The lowest BCUT2D eigenvalue weighted by Gasteiger charge is -2.07. The molecule has 1 atom stereocenters. The van der Waals surface area contributed by atoms with Gasteiger partial charge in [0.2, 0.25) is 5.91 Å². The highest BCUT2D eigenvalue weighted by Gasteiger charge is 2.18. The van der Waals surface area contributed by atoms with Crippen LogP contribution < -0.4 is 17.2 Å². The summed E-state index contributed by atoms with van der Waals surface area (Å²) in [4.78, 5) is 31.8. The maximum absolute atomic E-state index is 10.9. The molecular weight excluding hydrogens is 214 g/mol. The van der Waals surface area contributed by atoms with Crippen LogP contribution in [0.2, 0.25) is 0 Å². The zero-order valence-electron chi connectivity index (χ0n) is 7.56. The average molecular weight is 230 g/mol. The van der Waals surface area contributed by atoms with Crippen LogP contribution in [0.5, 0.6) is 0 Å². The van der Waals surface area contributed by atoms with Crippen LogP contribution >= 0.6 is 0 Å². The highest BCUT2D eigenvalue weighted by atomic mass is 24.3. The van der Waals surface area contributed by atoms with E-state index in [1.807, 2.05) is 0 Å². The van der Waals surface area contributed by atoms with Crippen molar-refractivity contribution in [1.82, 2.24) is 0 Å². The van der Waals surface area contributed by atoms with Crippen molar-refractivity contribution < 1.29 is 19.1 Å². The van der Waals surface area contributed by atoms with Crippen LogP contribution in [0.1, 0.15) is 12.8 Å². The van der Waals surface area contributed by atoms with Gasteiger partial charge in [0.15, 0.2) is 0 Å². The Labute approximate surface area is 103 Å². The summed E-state index contributed by atoms with van der Waals surface area (Å²) in [5.41, 5.74) is 15.0. The summed E-state index contributed by atoms with van der Waals surface area (Å²) in [5.74, 6) is -2.33. The summed E-state index contributed by atoms with van der Waals surface area (Å²) in [6, 6.07) is -1.03. The zero-order valence-corrected chi connectivity index (χ0v) is 7.56. The molecule has 0 aliphatic carbocycles. The summed E-state index contributed by atoms with van der Waals surface area (Å²) in [6.45, 7) is -0.395. The molecule has 0 aromatic heterocycles. The van der Waals surface area contributed by atoms with Gasteiger partial charge in [-0.05, 0) is 6.42 Å². The lowest BCUT2D eigenvalue weighted by Crippen LogP contribution is -2.36. The van der Waals surface area contributed by atoms with Gasteiger partial charge in [0.25, 0.3) is 0 Å². The van der Waals surface area contributed by atoms with E-state index in [2.05, 4.69) is 4.74 Å². The molecule has 0 aliphatic rings. The molecule has 0 aromatic carbocycles. The molecule has 0 aliphatic heterocycles. The van der Waals surface area contributed by atoms with E-state index in [0.29, 0.717) is 0 Å². The molecule has 0 spiro atoms. The van der Waals surface area contributed by atoms with E-state index >= 15 is 0 Å². The van der Waals surface area contributed by atoms with E-state index < -0.39 is 30.4 Å². The van der Waals surface area contributed by atoms with Crippen LogP contribution in [0.3, 0.4) is 0 Å². The van der Waals surface area contributed by atoms with Gasteiger partial charge in [-0.25, -0.2) is 4.79 Å². The molecule has 0 aromatic rings. The minimum atomic E-state index is -1.03. The minimum absolute atomic E-state index is 0. The highest BCUT2D eigenvalue weighted by molar-refractivity contribution is 5.89. The fourth-order valence-corrected chi connectivity index (χ4v) is 0.645. The second kappa shape index (κ2) is 8.59. The average Bonchev–Trinajstić information content (AvgIpc) is 2.13. The third kappa shape index (κ3) is 8.30. The van der Waals surface area contributed by atoms with Crippen molar-refractivity contribution in [2.75, 3.05) is 6.54 Å². The number of carbonyl (C=O) groups is 3. The Morgan fingerprint density at radius 1 is 1.27 bits per heavy atom. The molecule has 0 fully saturated rings. The number of amides is 1. The fraction of sp³-hybridized carbons (Fsp3) is 0.571. The van der Waals surface area contributed by atoms with E-state index in [-0.39, 0.29) is 35.9 Å². The van der Waals surface area contributed by atoms with E-state index in [1.54, 1.807) is 0 Å². The number of primary amides is 1. The van der Waals surface area contributed by atoms with Crippen molar-refractivity contribution in [3.05, 3.63) is 0 Å². The van der Waals surface area contributed by atoms with Gasteiger partial charge in [0, 0.05) is 6.42 Å². The second-order valence-corrected chi connectivity index (χ2v) is 2.61. The van der Waals surface area contributed by atoms with Crippen LogP contribution in [-0.2, 0) is 19.1 Å². The third-order valence-corrected chi connectivity index (χ3v) is 1.39. The molecule has 0 saturated carbocycles. The van der Waals surface area contributed by atoms with E-state index in [4.69, 9.17) is 17.2 Å². The Balaban J connectivity index is 0. The van der Waals surface area contributed by atoms with Crippen LogP contribution in [0.25, 0.3) is 0 Å². The van der Waals surface area contributed by atoms with Gasteiger partial charge < -0.3 is 21.9 Å². The molecule has 0 saturated heterocycles. The number of nitrogens with two attached hydrogens (primary N) is 3. The van der Waals surface area contributed by atoms with Gasteiger partial charge >= 0.3 is 35.0 Å². The first-order valence-corrected chi connectivity index (χ1v) is 3.95. The summed E-state index contributed by atoms with van der Waals surface area (Å²) >= 11 is 0. The number of rotatable bonds is 5. The van der Waals surface area contributed by atoms with Gasteiger partial charge in [0.05, 0.1) is 6.54 Å². The predicted octanol–water partition coefficient (Wildman–Crippen LogP) is -3.31. The van der Waals surface area contributed by atoms with Crippen LogP contribution in [0.15, 0.2) is 0 Å².